The van der Waals surface area contributed by atoms with Crippen LogP contribution in [0.15, 0.2) is 0 Å². The van der Waals surface area contributed by atoms with Crippen molar-refractivity contribution < 1.29 is 4.79 Å². The van der Waals surface area contributed by atoms with Crippen molar-refractivity contribution in [2.24, 2.45) is 0 Å². The topological polar surface area (TPSA) is 29.1 Å². The van der Waals surface area contributed by atoms with E-state index in [2.05, 4.69) is 5.32 Å². The molecule has 1 N–H and O–H groups in total. The first-order valence-electron chi connectivity index (χ1n) is 2.66. The van der Waals surface area contributed by atoms with Gasteiger partial charge in [0, 0.05) is 11.8 Å². The molecule has 0 saturated carbocycles. The molecular formula is C5H9NOS. The van der Waals surface area contributed by atoms with Crippen LogP contribution in [-0.2, 0) is 4.79 Å². The Hall–Kier alpha value is -0.180. The van der Waals surface area contributed by atoms with Gasteiger partial charge in [0.2, 0.25) is 5.91 Å². The number of carbonyl (C=O) groups excluding carboxylic acids is 1. The number of hydrogen-bond donors (Lipinski definition) is 1. The van der Waals surface area contributed by atoms with Crippen molar-refractivity contribution in [2.45, 2.75) is 13.0 Å². The summed E-state index contributed by atoms with van der Waals surface area (Å²) in [6.07, 6.45) is 0. The van der Waals surface area contributed by atoms with E-state index < -0.39 is 0 Å². The second-order valence-electron chi connectivity index (χ2n) is 1.98. The molecule has 2 nitrogen and oxygen atoms in total. The molecule has 0 aromatic carbocycles. The Balaban J connectivity index is 2.34. The Kier molecular flexibility index (Phi) is 1.78. The smallest absolute Gasteiger partial charge is 0.230 e. The zero-order chi connectivity index (χ0) is 5.98. The van der Waals surface area contributed by atoms with E-state index in [-0.39, 0.29) is 5.91 Å². The Morgan fingerprint density at radius 3 is 3.00 bits per heavy atom. The molecule has 1 atom stereocenters. The van der Waals surface area contributed by atoms with Crippen LogP contribution in [0.4, 0.5) is 0 Å². The predicted molar refractivity (Wildman–Crippen MR) is 34.9 cm³/mol. The van der Waals surface area contributed by atoms with Crippen LogP contribution in [0.1, 0.15) is 6.92 Å². The third-order valence-electron chi connectivity index (χ3n) is 1.01. The van der Waals surface area contributed by atoms with Gasteiger partial charge in [0.1, 0.15) is 0 Å². The van der Waals surface area contributed by atoms with Gasteiger partial charge in [-0.15, -0.1) is 11.8 Å². The Bertz CT molecular complexity index is 105. The molecule has 3 heteroatoms. The summed E-state index contributed by atoms with van der Waals surface area (Å²) in [6.45, 7) is 2.02. The largest absolute Gasteiger partial charge is 0.352 e. The normalized spacial score (nSPS) is 29.6. The number of rotatable bonds is 0. The van der Waals surface area contributed by atoms with Gasteiger partial charge in [0.15, 0.2) is 0 Å². The number of nitrogens with one attached hydrogen (secondary N) is 1. The standard InChI is InChI=1S/C5H9NOS/c1-4-2-8-3-5(7)6-4/h4H,2-3H2,1H3,(H,6,7)/t4-/m1/s1. The van der Waals surface area contributed by atoms with Gasteiger partial charge in [-0.2, -0.15) is 0 Å². The number of carbonyl (C=O) groups is 1. The van der Waals surface area contributed by atoms with E-state index in [0.717, 1.165) is 5.75 Å². The summed E-state index contributed by atoms with van der Waals surface area (Å²) in [5.74, 6) is 1.88. The molecule has 1 saturated heterocycles. The fourth-order valence-electron chi connectivity index (χ4n) is 0.687. The molecule has 0 spiro atoms. The summed E-state index contributed by atoms with van der Waals surface area (Å²) in [5, 5.41) is 2.82. The van der Waals surface area contributed by atoms with Gasteiger partial charge < -0.3 is 5.32 Å². The first-order valence-corrected chi connectivity index (χ1v) is 3.81. The molecule has 8 heavy (non-hydrogen) atoms. The van der Waals surface area contributed by atoms with E-state index in [0.29, 0.717) is 11.8 Å². The number of amides is 1. The summed E-state index contributed by atoms with van der Waals surface area (Å²) >= 11 is 1.70. The molecule has 1 fully saturated rings. The van der Waals surface area contributed by atoms with Crippen LogP contribution in [0.2, 0.25) is 0 Å². The Morgan fingerprint density at radius 2 is 2.62 bits per heavy atom. The van der Waals surface area contributed by atoms with Crippen molar-refractivity contribution in [1.29, 1.82) is 0 Å². The summed E-state index contributed by atoms with van der Waals surface area (Å²) in [6, 6.07) is 0.376. The monoisotopic (exact) mass is 131 g/mol. The van der Waals surface area contributed by atoms with Gasteiger partial charge >= 0.3 is 0 Å². The summed E-state index contributed by atoms with van der Waals surface area (Å²) in [7, 11) is 0. The third kappa shape index (κ3) is 1.40. The molecule has 0 unspecified atom stereocenters. The summed E-state index contributed by atoms with van der Waals surface area (Å²) in [4.78, 5) is 10.5. The highest BCUT2D eigenvalue weighted by molar-refractivity contribution is 8.00. The lowest BCUT2D eigenvalue weighted by Crippen LogP contribution is -2.39. The molecule has 0 aliphatic carbocycles. The van der Waals surface area contributed by atoms with Crippen LogP contribution < -0.4 is 5.32 Å². The van der Waals surface area contributed by atoms with Gasteiger partial charge in [-0.25, -0.2) is 0 Å². The predicted octanol–water partition coefficient (Wildman–Crippen LogP) is 0.238. The van der Waals surface area contributed by atoms with E-state index in [1.54, 1.807) is 11.8 Å². The Morgan fingerprint density at radius 1 is 1.88 bits per heavy atom. The molecule has 0 radical (unpaired) electrons. The lowest BCUT2D eigenvalue weighted by molar-refractivity contribution is -0.119. The zero-order valence-electron chi connectivity index (χ0n) is 4.81. The van der Waals surface area contributed by atoms with Crippen LogP contribution in [-0.4, -0.2) is 23.5 Å². The first kappa shape index (κ1) is 5.95. The van der Waals surface area contributed by atoms with E-state index in [1.807, 2.05) is 6.92 Å². The molecule has 1 amide bonds. The SMILES string of the molecule is C[C@@H]1CSCC(=O)N1. The maximum Gasteiger partial charge on any atom is 0.230 e. The first-order chi connectivity index (χ1) is 3.79. The molecule has 0 bridgehead atoms. The van der Waals surface area contributed by atoms with Crippen molar-refractivity contribution in [3.8, 4) is 0 Å². The van der Waals surface area contributed by atoms with Crippen molar-refractivity contribution in [3.05, 3.63) is 0 Å². The van der Waals surface area contributed by atoms with Crippen LogP contribution in [0.5, 0.6) is 0 Å². The molecule has 0 aromatic rings. The lowest BCUT2D eigenvalue weighted by atomic mass is 10.4. The van der Waals surface area contributed by atoms with E-state index >= 15 is 0 Å². The quantitative estimate of drug-likeness (QED) is 0.510. The minimum absolute atomic E-state index is 0.175. The zero-order valence-corrected chi connectivity index (χ0v) is 5.62. The maximum absolute atomic E-state index is 10.5. The molecule has 1 rings (SSSR count). The van der Waals surface area contributed by atoms with Gasteiger partial charge in [-0.3, -0.25) is 4.79 Å². The summed E-state index contributed by atoms with van der Waals surface area (Å²) < 4.78 is 0. The van der Waals surface area contributed by atoms with Crippen molar-refractivity contribution in [1.82, 2.24) is 5.32 Å². The lowest BCUT2D eigenvalue weighted by Gasteiger charge is -2.17. The third-order valence-corrected chi connectivity index (χ3v) is 2.21. The fraction of sp³-hybridized carbons (Fsp3) is 0.800. The van der Waals surface area contributed by atoms with Gasteiger partial charge in [-0.1, -0.05) is 0 Å². The molecular weight excluding hydrogens is 122 g/mol. The molecule has 46 valence electrons. The summed E-state index contributed by atoms with van der Waals surface area (Å²) in [5.41, 5.74) is 0. The van der Waals surface area contributed by atoms with Crippen LogP contribution in [0.3, 0.4) is 0 Å². The average Bonchev–Trinajstić information content (AvgIpc) is 1.64. The van der Waals surface area contributed by atoms with Crippen molar-refractivity contribution in [3.63, 3.8) is 0 Å². The fourth-order valence-corrected chi connectivity index (χ4v) is 1.51. The average molecular weight is 131 g/mol. The number of thioether (sulfide) groups is 1. The highest BCUT2D eigenvalue weighted by Crippen LogP contribution is 2.06. The van der Waals surface area contributed by atoms with Crippen molar-refractivity contribution in [2.75, 3.05) is 11.5 Å². The highest BCUT2D eigenvalue weighted by Gasteiger charge is 2.12. The van der Waals surface area contributed by atoms with E-state index in [1.165, 1.54) is 0 Å². The minimum atomic E-state index is 0.175. The van der Waals surface area contributed by atoms with Crippen LogP contribution in [0, 0.1) is 0 Å². The second kappa shape index (κ2) is 2.40. The van der Waals surface area contributed by atoms with E-state index in [9.17, 15) is 4.79 Å². The number of hydrogen-bond acceptors (Lipinski definition) is 2. The Labute approximate surface area is 53.0 Å². The molecule has 1 aliphatic rings. The maximum atomic E-state index is 10.5. The molecule has 1 heterocycles. The second-order valence-corrected chi connectivity index (χ2v) is 3.01. The van der Waals surface area contributed by atoms with E-state index in [4.69, 9.17) is 0 Å². The van der Waals surface area contributed by atoms with Gasteiger partial charge in [0.05, 0.1) is 5.75 Å². The highest BCUT2D eigenvalue weighted by atomic mass is 32.2. The molecule has 1 aliphatic heterocycles. The minimum Gasteiger partial charge on any atom is -0.352 e. The van der Waals surface area contributed by atoms with Crippen molar-refractivity contribution >= 4 is 17.7 Å². The molecule has 0 aromatic heterocycles. The van der Waals surface area contributed by atoms with Crippen LogP contribution >= 0.6 is 11.8 Å². The van der Waals surface area contributed by atoms with Gasteiger partial charge in [0.25, 0.3) is 0 Å². The van der Waals surface area contributed by atoms with Gasteiger partial charge in [-0.05, 0) is 6.92 Å². The van der Waals surface area contributed by atoms with Crippen LogP contribution in [0.25, 0.3) is 0 Å².